The van der Waals surface area contributed by atoms with Gasteiger partial charge in [-0.2, -0.15) is 9.78 Å². The first-order valence-electron chi connectivity index (χ1n) is 10.1. The molecule has 3 aromatic rings. The highest BCUT2D eigenvalue weighted by atomic mass is 79.9. The van der Waals surface area contributed by atoms with Crippen LogP contribution in [0, 0.1) is 10.1 Å². The van der Waals surface area contributed by atoms with E-state index in [9.17, 15) is 14.9 Å². The lowest BCUT2D eigenvalue weighted by atomic mass is 10.1. The van der Waals surface area contributed by atoms with E-state index >= 15 is 0 Å². The van der Waals surface area contributed by atoms with E-state index in [1.165, 1.54) is 23.0 Å². The second kappa shape index (κ2) is 10.2. The van der Waals surface area contributed by atoms with Gasteiger partial charge >= 0.3 is 5.69 Å². The van der Waals surface area contributed by atoms with Crippen molar-refractivity contribution >= 4 is 50.3 Å². The fourth-order valence-corrected chi connectivity index (χ4v) is 3.65. The fraction of sp³-hybridized carbons (Fsp3) is 0.318. The first-order valence-corrected chi connectivity index (χ1v) is 11.3. The fourth-order valence-electron chi connectivity index (χ4n) is 3.06. The van der Waals surface area contributed by atoms with Crippen molar-refractivity contribution in [3.8, 4) is 5.75 Å². The van der Waals surface area contributed by atoms with Crippen molar-refractivity contribution in [1.29, 1.82) is 0 Å². The third kappa shape index (κ3) is 5.16. The number of fused-ring (bicyclic) bond motifs is 1. The Kier molecular flexibility index (Phi) is 7.63. The van der Waals surface area contributed by atoms with Crippen LogP contribution in [0.2, 0.25) is 5.02 Å². The third-order valence-electron chi connectivity index (χ3n) is 4.81. The van der Waals surface area contributed by atoms with E-state index in [0.29, 0.717) is 35.1 Å². The second-order valence-corrected chi connectivity index (χ2v) is 8.59. The van der Waals surface area contributed by atoms with E-state index in [1.54, 1.807) is 12.1 Å². The molecule has 32 heavy (non-hydrogen) atoms. The first kappa shape index (κ1) is 23.9. The van der Waals surface area contributed by atoms with E-state index in [1.807, 2.05) is 26.8 Å². The summed E-state index contributed by atoms with van der Waals surface area (Å²) in [7, 11) is 0. The number of hydrogen-bond donors (Lipinski definition) is 0. The van der Waals surface area contributed by atoms with Gasteiger partial charge in [0.2, 0.25) is 5.75 Å². The maximum absolute atomic E-state index is 13.2. The number of hydrogen-bond acceptors (Lipinski definition) is 6. The smallest absolute Gasteiger partial charge is 0.313 e. The first-order chi connectivity index (χ1) is 15.2. The number of nitro benzene ring substituents is 1. The minimum atomic E-state index is -0.551. The monoisotopic (exact) mass is 520 g/mol. The summed E-state index contributed by atoms with van der Waals surface area (Å²) in [4.78, 5) is 28.8. The number of rotatable bonds is 8. The van der Waals surface area contributed by atoms with Gasteiger partial charge in [0.05, 0.1) is 28.1 Å². The summed E-state index contributed by atoms with van der Waals surface area (Å²) in [5, 5.41) is 16.5. The molecule has 0 fully saturated rings. The molecule has 0 bridgehead atoms. The Hall–Kier alpha value is -2.78. The highest BCUT2D eigenvalue weighted by molar-refractivity contribution is 9.10. The molecular weight excluding hydrogens is 500 g/mol. The van der Waals surface area contributed by atoms with Crippen LogP contribution in [-0.4, -0.2) is 26.9 Å². The normalized spacial score (nSPS) is 12.4. The van der Waals surface area contributed by atoms with Crippen LogP contribution in [0.3, 0.4) is 0 Å². The van der Waals surface area contributed by atoms with Crippen LogP contribution in [-0.2, 0) is 6.42 Å². The third-order valence-corrected chi connectivity index (χ3v) is 5.53. The SMILES string of the molecule is CCCc1nc2ccc(Br)cc2c(=O)n1N=Cc1cc(Cl)cc([N+](=O)[O-])c1O[C@H](C)CC. The summed E-state index contributed by atoms with van der Waals surface area (Å²) < 4.78 is 7.79. The standard InChI is InChI=1S/C22H22BrClN4O4/c1-4-6-20-26-18-8-7-15(23)10-17(18)22(29)27(20)25-12-14-9-16(24)11-19(28(30)31)21(14)32-13(3)5-2/h7-13H,4-6H2,1-3H3/t13-/m1/s1. The number of aryl methyl sites for hydroxylation is 1. The maximum atomic E-state index is 13.2. The zero-order chi connectivity index (χ0) is 23.4. The van der Waals surface area contributed by atoms with Crippen LogP contribution in [0.5, 0.6) is 5.75 Å². The summed E-state index contributed by atoms with van der Waals surface area (Å²) in [6, 6.07) is 8.04. The Balaban J connectivity index is 2.20. The van der Waals surface area contributed by atoms with Gasteiger partial charge in [-0.05, 0) is 44.0 Å². The Morgan fingerprint density at radius 3 is 2.75 bits per heavy atom. The quantitative estimate of drug-likeness (QED) is 0.214. The van der Waals surface area contributed by atoms with Crippen LogP contribution in [0.4, 0.5) is 5.69 Å². The highest BCUT2D eigenvalue weighted by Crippen LogP contribution is 2.34. The molecule has 0 aliphatic carbocycles. The zero-order valence-electron chi connectivity index (χ0n) is 17.8. The van der Waals surface area contributed by atoms with E-state index < -0.39 is 4.92 Å². The van der Waals surface area contributed by atoms with Gasteiger partial charge in [0.1, 0.15) is 5.82 Å². The maximum Gasteiger partial charge on any atom is 0.313 e. The van der Waals surface area contributed by atoms with Gasteiger partial charge in [-0.3, -0.25) is 14.9 Å². The van der Waals surface area contributed by atoms with Crippen LogP contribution < -0.4 is 10.3 Å². The molecule has 8 nitrogen and oxygen atoms in total. The van der Waals surface area contributed by atoms with Crippen molar-refractivity contribution in [1.82, 2.24) is 9.66 Å². The molecule has 0 aliphatic rings. The average Bonchev–Trinajstić information content (AvgIpc) is 2.75. The van der Waals surface area contributed by atoms with Gasteiger partial charge in [-0.25, -0.2) is 4.98 Å². The van der Waals surface area contributed by atoms with Crippen LogP contribution in [0.25, 0.3) is 10.9 Å². The van der Waals surface area contributed by atoms with Crippen molar-refractivity contribution in [3.63, 3.8) is 0 Å². The van der Waals surface area contributed by atoms with Gasteiger partial charge in [-0.15, -0.1) is 0 Å². The van der Waals surface area contributed by atoms with E-state index in [-0.39, 0.29) is 28.1 Å². The number of nitrogens with zero attached hydrogens (tertiary/aromatic N) is 4. The van der Waals surface area contributed by atoms with Crippen molar-refractivity contribution < 1.29 is 9.66 Å². The average molecular weight is 522 g/mol. The van der Waals surface area contributed by atoms with Crippen molar-refractivity contribution in [2.75, 3.05) is 0 Å². The largest absolute Gasteiger partial charge is 0.483 e. The summed E-state index contributed by atoms with van der Waals surface area (Å²) in [5.74, 6) is 0.545. The molecule has 0 unspecified atom stereocenters. The molecule has 0 spiro atoms. The molecule has 0 N–H and O–H groups in total. The van der Waals surface area contributed by atoms with Crippen molar-refractivity contribution in [2.24, 2.45) is 5.10 Å². The summed E-state index contributed by atoms with van der Waals surface area (Å²) in [6.45, 7) is 5.70. The molecule has 0 saturated carbocycles. The second-order valence-electron chi connectivity index (χ2n) is 7.24. The van der Waals surface area contributed by atoms with Gasteiger partial charge < -0.3 is 4.74 Å². The number of aromatic nitrogens is 2. The predicted octanol–water partition coefficient (Wildman–Crippen LogP) is 5.73. The molecule has 1 heterocycles. The Labute approximate surface area is 198 Å². The lowest BCUT2D eigenvalue weighted by Crippen LogP contribution is -2.22. The molecule has 1 atom stereocenters. The minimum Gasteiger partial charge on any atom is -0.483 e. The number of halogens is 2. The van der Waals surface area contributed by atoms with E-state index in [2.05, 4.69) is 26.0 Å². The number of benzene rings is 2. The van der Waals surface area contributed by atoms with Crippen molar-refractivity contribution in [3.05, 3.63) is 71.7 Å². The summed E-state index contributed by atoms with van der Waals surface area (Å²) in [6.07, 6.45) is 3.03. The van der Waals surface area contributed by atoms with Crippen molar-refractivity contribution in [2.45, 2.75) is 46.1 Å². The molecule has 0 saturated heterocycles. The van der Waals surface area contributed by atoms with Gasteiger partial charge in [-0.1, -0.05) is 41.4 Å². The predicted molar refractivity (Wildman–Crippen MR) is 129 cm³/mol. The molecule has 0 amide bonds. The number of nitro groups is 1. The van der Waals surface area contributed by atoms with Gasteiger partial charge in [0.25, 0.3) is 5.56 Å². The Morgan fingerprint density at radius 2 is 2.09 bits per heavy atom. The highest BCUT2D eigenvalue weighted by Gasteiger charge is 2.22. The Bertz CT molecular complexity index is 1260. The molecule has 2 aromatic carbocycles. The number of ether oxygens (including phenoxy) is 1. The van der Waals surface area contributed by atoms with Crippen LogP contribution in [0.15, 0.2) is 44.7 Å². The topological polar surface area (TPSA) is 99.6 Å². The molecule has 10 heteroatoms. The molecule has 3 rings (SSSR count). The molecule has 0 radical (unpaired) electrons. The lowest BCUT2D eigenvalue weighted by molar-refractivity contribution is -0.386. The van der Waals surface area contributed by atoms with Gasteiger partial charge in [0, 0.05) is 27.5 Å². The van der Waals surface area contributed by atoms with E-state index in [4.69, 9.17) is 16.3 Å². The van der Waals surface area contributed by atoms with Crippen LogP contribution >= 0.6 is 27.5 Å². The molecule has 1 aromatic heterocycles. The summed E-state index contributed by atoms with van der Waals surface area (Å²) >= 11 is 9.49. The summed E-state index contributed by atoms with van der Waals surface area (Å²) in [5.41, 5.74) is 0.276. The van der Waals surface area contributed by atoms with E-state index in [0.717, 1.165) is 10.9 Å². The molecule has 0 aliphatic heterocycles. The van der Waals surface area contributed by atoms with Crippen LogP contribution in [0.1, 0.15) is 45.0 Å². The molecule has 168 valence electrons. The Morgan fingerprint density at radius 1 is 1.34 bits per heavy atom. The molecular formula is C22H22BrClN4O4. The zero-order valence-corrected chi connectivity index (χ0v) is 20.2. The van der Waals surface area contributed by atoms with Gasteiger partial charge in [0.15, 0.2) is 0 Å². The lowest BCUT2D eigenvalue weighted by Gasteiger charge is -2.15. The minimum absolute atomic E-state index is 0.0547.